The molecule has 3 aromatic rings. The van der Waals surface area contributed by atoms with E-state index in [0.29, 0.717) is 5.56 Å². The summed E-state index contributed by atoms with van der Waals surface area (Å²) in [7, 11) is 0. The smallest absolute Gasteiger partial charge is 0.271 e. The Morgan fingerprint density at radius 3 is 2.56 bits per heavy atom. The van der Waals surface area contributed by atoms with Crippen molar-refractivity contribution in [2.45, 2.75) is 0 Å². The third kappa shape index (κ3) is 4.09. The number of nitrogens with zero attached hydrogens (tertiary/aromatic N) is 1. The van der Waals surface area contributed by atoms with Gasteiger partial charge >= 0.3 is 0 Å². The first-order chi connectivity index (χ1) is 12.8. The first-order valence-corrected chi connectivity index (χ1v) is 7.95. The first kappa shape index (κ1) is 18.5. The normalized spacial score (nSPS) is 10.5. The summed E-state index contributed by atoms with van der Waals surface area (Å²) in [4.78, 5) is 22.5. The van der Waals surface area contributed by atoms with Crippen LogP contribution in [-0.2, 0) is 0 Å². The lowest BCUT2D eigenvalue weighted by Crippen LogP contribution is -2.12. The fraction of sp³-hybridized carbons (Fsp3) is 0. The van der Waals surface area contributed by atoms with Gasteiger partial charge in [-0.05, 0) is 35.9 Å². The molecule has 8 heteroatoms. The third-order valence-electron chi connectivity index (χ3n) is 3.70. The van der Waals surface area contributed by atoms with Gasteiger partial charge < -0.3 is 5.32 Å². The maximum Gasteiger partial charge on any atom is 0.271 e. The zero-order valence-corrected chi connectivity index (χ0v) is 14.3. The SMILES string of the molecule is O=C(Nc1ccc([N+](=O)[O-])cc1Cl)c1[c]ccc(-c2ccc(F)cc2F)c1. The average Bonchev–Trinajstić information content (AvgIpc) is 2.63. The molecule has 0 heterocycles. The van der Waals surface area contributed by atoms with E-state index in [4.69, 9.17) is 11.6 Å². The number of amides is 1. The molecule has 0 aliphatic carbocycles. The van der Waals surface area contributed by atoms with Crippen LogP contribution in [-0.4, -0.2) is 10.8 Å². The molecule has 135 valence electrons. The summed E-state index contributed by atoms with van der Waals surface area (Å²) >= 11 is 5.95. The van der Waals surface area contributed by atoms with Gasteiger partial charge in [-0.25, -0.2) is 8.78 Å². The number of nitrogens with one attached hydrogen (secondary N) is 1. The standard InChI is InChI=1S/C19H10ClF2N2O3/c20-16-10-14(24(26)27)5-7-18(16)23-19(25)12-3-1-2-11(8-12)15-6-4-13(21)9-17(15)22/h1-2,4-10H,(H,23,25). The van der Waals surface area contributed by atoms with E-state index in [2.05, 4.69) is 11.4 Å². The molecule has 5 nitrogen and oxygen atoms in total. The lowest BCUT2D eigenvalue weighted by atomic mass is 10.0. The lowest BCUT2D eigenvalue weighted by Gasteiger charge is -2.09. The number of carbonyl (C=O) groups excluding carboxylic acids is 1. The maximum absolute atomic E-state index is 13.9. The number of hydrogen-bond acceptors (Lipinski definition) is 3. The van der Waals surface area contributed by atoms with E-state index in [1.165, 1.54) is 36.4 Å². The van der Waals surface area contributed by atoms with E-state index in [-0.39, 0.29) is 27.5 Å². The molecule has 0 saturated carbocycles. The predicted molar refractivity (Wildman–Crippen MR) is 96.7 cm³/mol. The molecular weight excluding hydrogens is 378 g/mol. The molecular formula is C19H10ClF2N2O3. The van der Waals surface area contributed by atoms with Crippen LogP contribution in [0.25, 0.3) is 11.1 Å². The van der Waals surface area contributed by atoms with Crippen LogP contribution in [0.3, 0.4) is 0 Å². The largest absolute Gasteiger partial charge is 0.321 e. The Balaban J connectivity index is 1.87. The van der Waals surface area contributed by atoms with Crippen molar-refractivity contribution in [1.82, 2.24) is 0 Å². The highest BCUT2D eigenvalue weighted by atomic mass is 35.5. The summed E-state index contributed by atoms with van der Waals surface area (Å²) in [6.45, 7) is 0. The van der Waals surface area contributed by atoms with E-state index in [0.717, 1.165) is 18.2 Å². The second-order valence-electron chi connectivity index (χ2n) is 5.49. The Morgan fingerprint density at radius 2 is 1.89 bits per heavy atom. The lowest BCUT2D eigenvalue weighted by molar-refractivity contribution is -0.384. The van der Waals surface area contributed by atoms with Crippen molar-refractivity contribution in [2.24, 2.45) is 0 Å². The molecule has 1 amide bonds. The molecule has 27 heavy (non-hydrogen) atoms. The number of benzene rings is 3. The minimum atomic E-state index is -0.758. The quantitative estimate of drug-likeness (QED) is 0.491. The van der Waals surface area contributed by atoms with Crippen molar-refractivity contribution in [3.8, 4) is 11.1 Å². The van der Waals surface area contributed by atoms with Crippen LogP contribution in [0.1, 0.15) is 10.4 Å². The van der Waals surface area contributed by atoms with Gasteiger partial charge in [-0.15, -0.1) is 0 Å². The number of anilines is 1. The second-order valence-corrected chi connectivity index (χ2v) is 5.90. The molecule has 0 aliphatic heterocycles. The van der Waals surface area contributed by atoms with Gasteiger partial charge in [0.2, 0.25) is 0 Å². The zero-order chi connectivity index (χ0) is 19.6. The molecule has 3 rings (SSSR count). The van der Waals surface area contributed by atoms with Gasteiger partial charge in [0, 0.05) is 29.3 Å². The summed E-state index contributed by atoms with van der Waals surface area (Å²) in [5, 5.41) is 13.2. The van der Waals surface area contributed by atoms with Gasteiger partial charge in [-0.1, -0.05) is 23.7 Å². The first-order valence-electron chi connectivity index (χ1n) is 7.57. The van der Waals surface area contributed by atoms with Crippen molar-refractivity contribution >= 4 is 28.9 Å². The molecule has 0 bridgehead atoms. The Labute approximate surface area is 157 Å². The van der Waals surface area contributed by atoms with Gasteiger partial charge in [0.1, 0.15) is 11.6 Å². The molecule has 3 aromatic carbocycles. The number of non-ortho nitro benzene ring substituents is 1. The molecule has 0 spiro atoms. The predicted octanol–water partition coefficient (Wildman–Crippen LogP) is 5.25. The van der Waals surface area contributed by atoms with Crippen molar-refractivity contribution in [3.05, 3.63) is 93.0 Å². The van der Waals surface area contributed by atoms with Crippen LogP contribution in [0.5, 0.6) is 0 Å². The topological polar surface area (TPSA) is 72.2 Å². The monoisotopic (exact) mass is 387 g/mol. The average molecular weight is 388 g/mol. The molecule has 1 radical (unpaired) electrons. The summed E-state index contributed by atoms with van der Waals surface area (Å²) in [6.07, 6.45) is 0. The highest BCUT2D eigenvalue weighted by Gasteiger charge is 2.14. The minimum Gasteiger partial charge on any atom is -0.321 e. The fourth-order valence-electron chi connectivity index (χ4n) is 2.40. The van der Waals surface area contributed by atoms with Crippen molar-refractivity contribution < 1.29 is 18.5 Å². The molecule has 1 N–H and O–H groups in total. The molecule has 0 aliphatic rings. The number of nitro benzene ring substituents is 1. The van der Waals surface area contributed by atoms with E-state index in [1.54, 1.807) is 0 Å². The molecule has 0 atom stereocenters. The zero-order valence-electron chi connectivity index (χ0n) is 13.5. The van der Waals surface area contributed by atoms with E-state index in [1.807, 2.05) is 0 Å². The number of rotatable bonds is 4. The van der Waals surface area contributed by atoms with Crippen molar-refractivity contribution in [2.75, 3.05) is 5.32 Å². The van der Waals surface area contributed by atoms with Crippen molar-refractivity contribution in [3.63, 3.8) is 0 Å². The van der Waals surface area contributed by atoms with Crippen LogP contribution in [0.2, 0.25) is 5.02 Å². The molecule has 0 aromatic heterocycles. The van der Waals surface area contributed by atoms with Gasteiger partial charge in [0.15, 0.2) is 0 Å². The number of carbonyl (C=O) groups is 1. The second kappa shape index (κ2) is 7.51. The van der Waals surface area contributed by atoms with Crippen LogP contribution in [0.4, 0.5) is 20.2 Å². The highest BCUT2D eigenvalue weighted by Crippen LogP contribution is 2.28. The molecule has 0 saturated heterocycles. The van der Waals surface area contributed by atoms with Crippen LogP contribution < -0.4 is 5.32 Å². The van der Waals surface area contributed by atoms with E-state index in [9.17, 15) is 23.7 Å². The van der Waals surface area contributed by atoms with Gasteiger partial charge in [0.05, 0.1) is 15.6 Å². The summed E-state index contributed by atoms with van der Waals surface area (Å²) < 4.78 is 27.0. The summed E-state index contributed by atoms with van der Waals surface area (Å²) in [5.74, 6) is -2.05. The molecule has 0 unspecified atom stereocenters. The Hall–Kier alpha value is -3.32. The highest BCUT2D eigenvalue weighted by molar-refractivity contribution is 6.34. The van der Waals surface area contributed by atoms with Crippen LogP contribution >= 0.6 is 11.6 Å². The summed E-state index contributed by atoms with van der Waals surface area (Å²) in [6, 6.07) is 13.9. The minimum absolute atomic E-state index is 0.00159. The van der Waals surface area contributed by atoms with E-state index >= 15 is 0 Å². The van der Waals surface area contributed by atoms with Gasteiger partial charge in [-0.3, -0.25) is 14.9 Å². The Morgan fingerprint density at radius 1 is 1.11 bits per heavy atom. The van der Waals surface area contributed by atoms with Gasteiger partial charge in [0.25, 0.3) is 11.6 Å². The number of halogens is 3. The van der Waals surface area contributed by atoms with Crippen LogP contribution in [0, 0.1) is 27.8 Å². The Bertz CT molecular complexity index is 1060. The van der Waals surface area contributed by atoms with Gasteiger partial charge in [-0.2, -0.15) is 0 Å². The number of nitro groups is 1. The van der Waals surface area contributed by atoms with Crippen LogP contribution in [0.15, 0.2) is 54.6 Å². The fourth-order valence-corrected chi connectivity index (χ4v) is 2.62. The Kier molecular flexibility index (Phi) is 5.14. The van der Waals surface area contributed by atoms with E-state index < -0.39 is 22.5 Å². The maximum atomic E-state index is 13.9. The molecule has 0 fully saturated rings. The third-order valence-corrected chi connectivity index (χ3v) is 4.01. The summed E-state index contributed by atoms with van der Waals surface area (Å²) in [5.41, 5.74) is 0.557. The number of hydrogen-bond donors (Lipinski definition) is 1. The van der Waals surface area contributed by atoms with Crippen molar-refractivity contribution in [1.29, 1.82) is 0 Å².